The second kappa shape index (κ2) is 33.9. The van der Waals surface area contributed by atoms with Crippen LogP contribution in [0.25, 0.3) is 0 Å². The van der Waals surface area contributed by atoms with Crippen LogP contribution < -0.4 is 0 Å². The Labute approximate surface area is 753 Å². The highest BCUT2D eigenvalue weighted by Gasteiger charge is 2.76. The number of carbonyl (C=O) groups excluding carboxylic acids is 8. The number of aliphatic hydroxyl groups is 2. The van der Waals surface area contributed by atoms with E-state index in [0.29, 0.717) is 119 Å². The van der Waals surface area contributed by atoms with Crippen LogP contribution in [-0.4, -0.2) is 96.1 Å². The zero-order valence-electron chi connectivity index (χ0n) is 81.9. The van der Waals surface area contributed by atoms with Crippen molar-refractivity contribution in [2.24, 2.45) is 170 Å². The molecule has 0 aromatic carbocycles. The minimum atomic E-state index is -0.579. The van der Waals surface area contributed by atoms with Crippen molar-refractivity contribution in [2.45, 2.75) is 395 Å². The second-order valence-corrected chi connectivity index (χ2v) is 50.0. The highest BCUT2D eigenvalue weighted by Crippen LogP contribution is 2.82. The van der Waals surface area contributed by atoms with Gasteiger partial charge in [-0.3, -0.25) is 28.8 Å². The lowest BCUT2D eigenvalue weighted by molar-refractivity contribution is -0.252. The molecule has 0 amide bonds. The van der Waals surface area contributed by atoms with Gasteiger partial charge in [-0.15, -0.1) is 0 Å². The minimum Gasteiger partial charge on any atom is -0.465 e. The van der Waals surface area contributed by atoms with Gasteiger partial charge in [0, 0.05) is 68.1 Å². The fraction of sp³-hybridized carbons (Fsp3) is 0.853. The Kier molecular flexibility index (Phi) is 26.1. The van der Waals surface area contributed by atoms with Crippen molar-refractivity contribution < 1.29 is 77.0 Å². The van der Waals surface area contributed by atoms with Gasteiger partial charge in [-0.2, -0.15) is 0 Å². The van der Waals surface area contributed by atoms with Crippen LogP contribution in [0.2, 0.25) is 0 Å². The van der Waals surface area contributed by atoms with Crippen molar-refractivity contribution in [2.75, 3.05) is 19.8 Å². The van der Waals surface area contributed by atoms with Crippen molar-refractivity contribution in [3.63, 3.8) is 0 Å². The molecule has 16 nitrogen and oxygen atoms in total. The lowest BCUT2D eigenvalue weighted by atomic mass is 9.32. The number of rotatable bonds is 11. The average Bonchev–Trinajstić information content (AvgIpc) is 1.37. The number of hydrogen-bond acceptors (Lipinski definition) is 16. The van der Waals surface area contributed by atoms with Crippen LogP contribution in [0.1, 0.15) is 377 Å². The van der Waals surface area contributed by atoms with Crippen LogP contribution in [-0.2, 0) is 66.8 Å². The first kappa shape index (κ1) is 96.1. The largest absolute Gasteiger partial charge is 0.465 e. The third kappa shape index (κ3) is 15.6. The van der Waals surface area contributed by atoms with E-state index in [9.17, 15) is 48.6 Å². The average molecular weight is 1730 g/mol. The van der Waals surface area contributed by atoms with Gasteiger partial charge in [0.2, 0.25) is 0 Å². The summed E-state index contributed by atoms with van der Waals surface area (Å²) in [6.07, 6.45) is 42.5. The normalized spacial score (nSPS) is 47.6. The molecule has 0 aromatic heterocycles. The lowest BCUT2D eigenvalue weighted by Crippen LogP contribution is -2.67. The first-order valence-electron chi connectivity index (χ1n) is 50.3. The summed E-state index contributed by atoms with van der Waals surface area (Å²) >= 11 is 0. The Hall–Kier alpha value is -4.96. The van der Waals surface area contributed by atoms with Crippen LogP contribution in [0.3, 0.4) is 0 Å². The number of hydrogen-bond donors (Lipinski definition) is 2. The van der Waals surface area contributed by atoms with E-state index in [-0.39, 0.29) is 114 Å². The van der Waals surface area contributed by atoms with Gasteiger partial charge < -0.3 is 38.6 Å². The maximum Gasteiger partial charge on any atom is 0.338 e. The summed E-state index contributed by atoms with van der Waals surface area (Å²) in [4.78, 5) is 92.2. The fourth-order valence-electron chi connectivity index (χ4n) is 37.0. The number of ether oxygens (including phenoxy) is 6. The van der Waals surface area contributed by atoms with Gasteiger partial charge >= 0.3 is 47.8 Å². The number of allylic oxidation sites excluding steroid dienone is 4. The third-order valence-corrected chi connectivity index (χ3v) is 43.8. The molecule has 1 saturated heterocycles. The summed E-state index contributed by atoms with van der Waals surface area (Å²) in [5.74, 6) is 5.23. The van der Waals surface area contributed by atoms with E-state index in [1.165, 1.54) is 170 Å². The van der Waals surface area contributed by atoms with Gasteiger partial charge in [-0.05, 0) is 362 Å². The van der Waals surface area contributed by atoms with Gasteiger partial charge in [0.15, 0.2) is 0 Å². The molecule has 16 heteroatoms. The summed E-state index contributed by atoms with van der Waals surface area (Å²) in [7, 11) is 0. The van der Waals surface area contributed by atoms with Gasteiger partial charge in [0.25, 0.3) is 0 Å². The van der Waals surface area contributed by atoms with E-state index in [0.717, 1.165) is 94.6 Å². The van der Waals surface area contributed by atoms with E-state index in [1.807, 2.05) is 0 Å². The predicted octanol–water partition coefficient (Wildman–Crippen LogP) is 23.7. The number of fused-ring (bicyclic) bond motifs is 21. The van der Waals surface area contributed by atoms with Gasteiger partial charge in [0.1, 0.15) is 12.2 Å². The molecule has 2 N–H and O–H groups in total. The molecule has 16 aliphatic carbocycles. The molecular weight excluding hydrogens is 1570 g/mol. The Morgan fingerprint density at radius 2 is 0.800 bits per heavy atom. The summed E-state index contributed by atoms with van der Waals surface area (Å²) < 4.78 is 32.4. The van der Waals surface area contributed by atoms with E-state index in [1.54, 1.807) is 20.8 Å². The molecule has 0 bridgehead atoms. The number of carbonyl (C=O) groups is 8. The molecule has 18 aliphatic rings. The standard InChI is InChI=1S/C38H56O7.C34H54O4.C30H50O2.C4H2O3.C3H6/c1-22(19-25-20-31(41)45-33(25)42)26-11-16-38(21-43-23(2)39)18-17-36(7)27(32(26)38)9-10-29-35(6)14-13-30(44-24(3)40)34(4,5)28(35)12-15-37(29,36)8;1-21(2)24-12-17-34(20-37-22(3)35)19-18-32(8)25(29(24)34)10-11-27-31(7)15-14-28(38-23(4)36)30(5,6)26(31)13-16-33(27,32)9;1-19(2)20-10-15-30(18-31)17-16-28(6)21(25(20)30)8-9-23-27(5)13-12-24(32)26(3,4)22(27)11-14-29(23,28)7;5-3-1-2-4(6)7-3;1-2-3-1/h25,27-30,32H,9-21H2,1-8H3;24-29H,1,10-20H2,2-9H3;20-25,31-32H,1,8-18H2,2-7H3;1-2H;1-3H2/b26-22+;;;;/t25?,27?,28?,29?,30-,32?,35-,36+,37+,38+;24-,25?,26?,27?,28-,29?,31-,32+,33+,34+;20-,21?,22?,23?,24-,25?,27-,28+,29+,30+;;/m000../s1. The molecule has 16 saturated carbocycles. The highest BCUT2D eigenvalue weighted by atomic mass is 16.6. The molecule has 2 aliphatic heterocycles. The highest BCUT2D eigenvalue weighted by molar-refractivity contribution is 6.05. The van der Waals surface area contributed by atoms with Crippen LogP contribution in [0.15, 0.2) is 47.6 Å². The van der Waals surface area contributed by atoms with Gasteiger partial charge in [-0.1, -0.05) is 159 Å². The van der Waals surface area contributed by atoms with Gasteiger partial charge in [-0.25, -0.2) is 9.59 Å². The molecule has 700 valence electrons. The van der Waals surface area contributed by atoms with Crippen molar-refractivity contribution in [3.05, 3.63) is 47.6 Å². The first-order valence-corrected chi connectivity index (χ1v) is 50.3. The Morgan fingerprint density at radius 3 is 1.19 bits per heavy atom. The minimum absolute atomic E-state index is 0.00000109. The van der Waals surface area contributed by atoms with E-state index >= 15 is 0 Å². The molecule has 125 heavy (non-hydrogen) atoms. The van der Waals surface area contributed by atoms with Crippen LogP contribution >= 0.6 is 0 Å². The molecule has 18 rings (SSSR count). The summed E-state index contributed by atoms with van der Waals surface area (Å²) in [5, 5.41) is 21.5. The van der Waals surface area contributed by atoms with Crippen molar-refractivity contribution in [1.29, 1.82) is 0 Å². The van der Waals surface area contributed by atoms with Crippen LogP contribution in [0.4, 0.5) is 0 Å². The predicted molar refractivity (Wildman–Crippen MR) is 487 cm³/mol. The first-order chi connectivity index (χ1) is 58.3. The Bertz CT molecular complexity index is 4230. The Balaban J connectivity index is 0.000000145. The fourth-order valence-corrected chi connectivity index (χ4v) is 37.0. The maximum atomic E-state index is 12.5. The number of aliphatic hydroxyl groups excluding tert-OH is 2. The molecular formula is C109H168O16. The molecule has 0 aromatic rings. The summed E-state index contributed by atoms with van der Waals surface area (Å²) in [6, 6.07) is 0. The molecule has 2 heterocycles. The SMILES string of the molecule is C1CC1.C=C(C)[C@@H]1CC[C@]2(CO)CC[C@]3(C)C(CCC4[C@@]5(C)CC[C@H](O)C(C)(C)C5CC[C@]43C)C12.C=C(C)[C@@H]1CC[C@]2(COC(C)=O)CC[C@]3(C)C(CCC4[C@@]5(C)CC[C@H](OC(C)=O)C(C)(C)C5CC[C@]43C)C12.CC(=O)OC[C@]12CC/C(=C(/C)CC3CC(=O)OC3=O)C1C1CCC3[C@@]4(C)CC[C@H](OC(C)=O)C(C)(C)C4CC[C@@]3(C)[C@]1(C)CC2.O=C1C=CC(=O)O1. The van der Waals surface area contributed by atoms with Crippen LogP contribution in [0.5, 0.6) is 0 Å². The van der Waals surface area contributed by atoms with E-state index < -0.39 is 23.8 Å². The van der Waals surface area contributed by atoms with Crippen LogP contribution in [0, 0.1) is 170 Å². The van der Waals surface area contributed by atoms with Crippen molar-refractivity contribution in [3.8, 4) is 0 Å². The van der Waals surface area contributed by atoms with E-state index in [4.69, 9.17) is 23.7 Å². The Morgan fingerprint density at radius 1 is 0.408 bits per heavy atom. The number of esters is 8. The summed E-state index contributed by atoms with van der Waals surface area (Å²) in [6.45, 7) is 61.0. The van der Waals surface area contributed by atoms with E-state index in [2.05, 4.69) is 143 Å². The van der Waals surface area contributed by atoms with Crippen molar-refractivity contribution >= 4 is 47.8 Å². The smallest absolute Gasteiger partial charge is 0.338 e. The number of cyclic esters (lactones) is 4. The van der Waals surface area contributed by atoms with Gasteiger partial charge in [0.05, 0.1) is 31.7 Å². The zero-order valence-corrected chi connectivity index (χ0v) is 81.9. The maximum absolute atomic E-state index is 12.5. The molecule has 13 unspecified atom stereocenters. The quantitative estimate of drug-likeness (QED) is 0.0847. The second-order valence-electron chi connectivity index (χ2n) is 50.0. The molecule has 17 fully saturated rings. The molecule has 30 atom stereocenters. The summed E-state index contributed by atoms with van der Waals surface area (Å²) in [5.41, 5.74) is 7.93. The lowest BCUT2D eigenvalue weighted by Gasteiger charge is -2.73. The molecule has 0 spiro atoms. The third-order valence-electron chi connectivity index (χ3n) is 43.8. The molecule has 0 radical (unpaired) electrons. The topological polar surface area (TPSA) is 232 Å². The van der Waals surface area contributed by atoms with Crippen molar-refractivity contribution in [1.82, 2.24) is 0 Å². The zero-order chi connectivity index (χ0) is 91.3. The monoisotopic (exact) mass is 1730 g/mol.